The first-order chi connectivity index (χ1) is 18.2. The van der Waals surface area contributed by atoms with Crippen LogP contribution in [-0.4, -0.2) is 17.3 Å². The van der Waals surface area contributed by atoms with Gasteiger partial charge >= 0.3 is 0 Å². The topological polar surface area (TPSA) is 43.3 Å². The third-order valence-electron chi connectivity index (χ3n) is 6.66. The average molecular weight is 511 g/mol. The molecule has 0 fully saturated rings. The number of benzene rings is 4. The SMILES string of the molecule is CCOc1ccc(C2=NN3[C@H](C2)c2cc(Cl)ccc2O[C@@H]3c2ccc(OCc3ccccc3)cc2)cc1. The fourth-order valence-corrected chi connectivity index (χ4v) is 5.01. The summed E-state index contributed by atoms with van der Waals surface area (Å²) in [5.74, 6) is 2.51. The van der Waals surface area contributed by atoms with Crippen molar-refractivity contribution in [3.63, 3.8) is 0 Å². The first-order valence-electron chi connectivity index (χ1n) is 12.5. The maximum atomic E-state index is 6.49. The first kappa shape index (κ1) is 23.4. The summed E-state index contributed by atoms with van der Waals surface area (Å²) in [5, 5.41) is 7.80. The van der Waals surface area contributed by atoms with Gasteiger partial charge in [0.05, 0.1) is 18.4 Å². The average Bonchev–Trinajstić information content (AvgIpc) is 3.39. The molecule has 0 aromatic heterocycles. The van der Waals surface area contributed by atoms with Gasteiger partial charge < -0.3 is 14.2 Å². The van der Waals surface area contributed by atoms with Crippen LogP contribution in [0, 0.1) is 0 Å². The Labute approximate surface area is 221 Å². The number of nitrogens with zero attached hydrogens (tertiary/aromatic N) is 2. The number of hydrogen-bond acceptors (Lipinski definition) is 5. The number of fused-ring (bicyclic) bond motifs is 3. The molecule has 0 saturated carbocycles. The Morgan fingerprint density at radius 3 is 2.38 bits per heavy atom. The van der Waals surface area contributed by atoms with Crippen molar-refractivity contribution in [2.45, 2.75) is 32.2 Å². The molecule has 0 amide bonds. The van der Waals surface area contributed by atoms with Crippen LogP contribution in [0.15, 0.2) is 102 Å². The second-order valence-corrected chi connectivity index (χ2v) is 9.54. The molecule has 6 rings (SSSR count). The highest BCUT2D eigenvalue weighted by atomic mass is 35.5. The molecule has 0 aliphatic carbocycles. The highest BCUT2D eigenvalue weighted by Gasteiger charge is 2.41. The summed E-state index contributed by atoms with van der Waals surface area (Å²) in [7, 11) is 0. The van der Waals surface area contributed by atoms with Gasteiger partial charge in [-0.15, -0.1) is 0 Å². The van der Waals surface area contributed by atoms with Gasteiger partial charge in [0, 0.05) is 22.6 Å². The monoisotopic (exact) mass is 510 g/mol. The van der Waals surface area contributed by atoms with Gasteiger partial charge in [0.25, 0.3) is 0 Å². The van der Waals surface area contributed by atoms with Crippen LogP contribution in [0.3, 0.4) is 0 Å². The summed E-state index contributed by atoms with van der Waals surface area (Å²) in [6.45, 7) is 3.15. The van der Waals surface area contributed by atoms with E-state index in [0.29, 0.717) is 18.2 Å². The van der Waals surface area contributed by atoms with Crippen molar-refractivity contribution in [2.24, 2.45) is 5.10 Å². The zero-order chi connectivity index (χ0) is 25.2. The molecular weight excluding hydrogens is 484 g/mol. The van der Waals surface area contributed by atoms with Crippen molar-refractivity contribution >= 4 is 17.3 Å². The highest BCUT2D eigenvalue weighted by Crippen LogP contribution is 2.48. The standard InChI is InChI=1S/C31H27ClN2O3/c1-2-35-25-13-8-22(9-14-25)28-19-29-27-18-24(32)12-17-30(27)37-31(34(29)33-28)23-10-15-26(16-11-23)36-20-21-6-4-3-5-7-21/h3-18,29,31H,2,19-20H2,1H3/t29-,31-/m1/s1. The second-order valence-electron chi connectivity index (χ2n) is 9.10. The van der Waals surface area contributed by atoms with Gasteiger partial charge in [0.15, 0.2) is 0 Å². The molecule has 186 valence electrons. The third kappa shape index (κ3) is 4.87. The molecule has 2 heterocycles. The van der Waals surface area contributed by atoms with Gasteiger partial charge in [0.1, 0.15) is 23.9 Å². The molecule has 4 aromatic rings. The molecule has 0 bridgehead atoms. The van der Waals surface area contributed by atoms with E-state index in [1.54, 1.807) is 0 Å². The van der Waals surface area contributed by atoms with Crippen LogP contribution < -0.4 is 14.2 Å². The summed E-state index contributed by atoms with van der Waals surface area (Å²) < 4.78 is 18.1. The fraction of sp³-hybridized carbons (Fsp3) is 0.194. The van der Waals surface area contributed by atoms with Gasteiger partial charge in [-0.1, -0.05) is 41.9 Å². The Morgan fingerprint density at radius 2 is 1.62 bits per heavy atom. The lowest BCUT2D eigenvalue weighted by Crippen LogP contribution is -2.33. The third-order valence-corrected chi connectivity index (χ3v) is 6.90. The molecule has 4 aromatic carbocycles. The lowest BCUT2D eigenvalue weighted by molar-refractivity contribution is -0.0190. The molecule has 0 spiro atoms. The normalized spacial score (nSPS) is 17.9. The minimum Gasteiger partial charge on any atom is -0.494 e. The highest BCUT2D eigenvalue weighted by molar-refractivity contribution is 6.30. The minimum absolute atomic E-state index is 0.0306. The van der Waals surface area contributed by atoms with Gasteiger partial charge in [0.2, 0.25) is 6.23 Å². The lowest BCUT2D eigenvalue weighted by Gasteiger charge is -2.38. The van der Waals surface area contributed by atoms with E-state index < -0.39 is 0 Å². The van der Waals surface area contributed by atoms with E-state index in [-0.39, 0.29) is 12.3 Å². The number of hydrazone groups is 1. The molecule has 2 aliphatic heterocycles. The van der Waals surface area contributed by atoms with Crippen molar-refractivity contribution < 1.29 is 14.2 Å². The first-order valence-corrected chi connectivity index (χ1v) is 12.9. The van der Waals surface area contributed by atoms with Gasteiger partial charge in [-0.05, 0) is 84.8 Å². The number of rotatable bonds is 7. The molecule has 0 unspecified atom stereocenters. The molecule has 6 heteroatoms. The van der Waals surface area contributed by atoms with E-state index >= 15 is 0 Å². The molecule has 37 heavy (non-hydrogen) atoms. The molecule has 0 N–H and O–H groups in total. The molecule has 0 radical (unpaired) electrons. The summed E-state index contributed by atoms with van der Waals surface area (Å²) in [6.07, 6.45) is 0.404. The molecule has 2 atom stereocenters. The van der Waals surface area contributed by atoms with Gasteiger partial charge in [-0.2, -0.15) is 5.10 Å². The molecule has 2 aliphatic rings. The van der Waals surface area contributed by atoms with Crippen molar-refractivity contribution in [1.82, 2.24) is 5.01 Å². The van der Waals surface area contributed by atoms with Crippen LogP contribution in [0.25, 0.3) is 0 Å². The van der Waals surface area contributed by atoms with E-state index in [4.69, 9.17) is 30.9 Å². The maximum Gasteiger partial charge on any atom is 0.213 e. The minimum atomic E-state index is -0.359. The van der Waals surface area contributed by atoms with Crippen LogP contribution in [0.2, 0.25) is 5.02 Å². The van der Waals surface area contributed by atoms with Crippen LogP contribution >= 0.6 is 11.6 Å². The van der Waals surface area contributed by atoms with Gasteiger partial charge in [-0.25, -0.2) is 5.01 Å². The predicted octanol–water partition coefficient (Wildman–Crippen LogP) is 7.56. The summed E-state index contributed by atoms with van der Waals surface area (Å²) >= 11 is 6.37. The Hall–Kier alpha value is -3.96. The van der Waals surface area contributed by atoms with Crippen molar-refractivity contribution in [1.29, 1.82) is 0 Å². The Balaban J connectivity index is 1.28. The van der Waals surface area contributed by atoms with Crippen LogP contribution in [0.4, 0.5) is 0 Å². The molecular formula is C31H27ClN2O3. The van der Waals surface area contributed by atoms with E-state index in [2.05, 4.69) is 29.3 Å². The zero-order valence-electron chi connectivity index (χ0n) is 20.5. The van der Waals surface area contributed by atoms with Crippen molar-refractivity contribution in [2.75, 3.05) is 6.61 Å². The van der Waals surface area contributed by atoms with Crippen LogP contribution in [0.1, 0.15) is 47.9 Å². The summed E-state index contributed by atoms with van der Waals surface area (Å²) in [4.78, 5) is 0. The number of halogens is 1. The quantitative estimate of drug-likeness (QED) is 0.257. The second kappa shape index (κ2) is 10.2. The maximum absolute atomic E-state index is 6.49. The number of hydrogen-bond donors (Lipinski definition) is 0. The summed E-state index contributed by atoms with van der Waals surface area (Å²) in [5.41, 5.74) is 5.28. The van der Waals surface area contributed by atoms with Crippen LogP contribution in [-0.2, 0) is 6.61 Å². The van der Waals surface area contributed by atoms with Gasteiger partial charge in [-0.3, -0.25) is 0 Å². The van der Waals surface area contributed by atoms with E-state index in [1.807, 2.05) is 79.7 Å². The van der Waals surface area contributed by atoms with E-state index in [9.17, 15) is 0 Å². The molecule has 0 saturated heterocycles. The van der Waals surface area contributed by atoms with E-state index in [1.165, 1.54) is 0 Å². The Kier molecular flexibility index (Phi) is 6.46. The zero-order valence-corrected chi connectivity index (χ0v) is 21.3. The Bertz CT molecular complexity index is 1410. The number of ether oxygens (including phenoxy) is 3. The Morgan fingerprint density at radius 1 is 0.892 bits per heavy atom. The predicted molar refractivity (Wildman–Crippen MR) is 145 cm³/mol. The smallest absolute Gasteiger partial charge is 0.213 e. The summed E-state index contributed by atoms with van der Waals surface area (Å²) in [6, 6.07) is 32.2. The van der Waals surface area contributed by atoms with E-state index in [0.717, 1.165) is 51.6 Å². The van der Waals surface area contributed by atoms with Crippen molar-refractivity contribution in [3.05, 3.63) is 124 Å². The lowest BCUT2D eigenvalue weighted by atomic mass is 9.96. The van der Waals surface area contributed by atoms with Crippen LogP contribution in [0.5, 0.6) is 17.2 Å². The van der Waals surface area contributed by atoms with Crippen molar-refractivity contribution in [3.8, 4) is 17.2 Å². The fourth-order valence-electron chi connectivity index (χ4n) is 4.83. The largest absolute Gasteiger partial charge is 0.494 e. The molecule has 5 nitrogen and oxygen atoms in total.